The van der Waals surface area contributed by atoms with Gasteiger partial charge in [0, 0.05) is 36.9 Å². The summed E-state index contributed by atoms with van der Waals surface area (Å²) in [6.45, 7) is -0.695. The summed E-state index contributed by atoms with van der Waals surface area (Å²) in [6, 6.07) is 10.1. The number of amides is 3. The number of benzene rings is 1. The Bertz CT molecular complexity index is 1420. The third-order valence-corrected chi connectivity index (χ3v) is 7.97. The Kier molecular flexibility index (Phi) is 5.96. The molecule has 3 aromatic rings. The quantitative estimate of drug-likeness (QED) is 0.544. The standard InChI is InChI=1S/C26H26F3N7O3/c27-26(28,29)15-34-9-6-20(23(34)38)35-16-36(19-4-2-1-3-5-19)25(24(35)39)7-10-33(11-8-25)22(37)18-12-17-14-31-32-21(17)30-13-18/h1-5,12-14,20H,6-11,15-16H2,(H,30,31,32)/t20-/m0/s1. The van der Waals surface area contributed by atoms with E-state index in [-0.39, 0.29) is 31.4 Å². The highest BCUT2D eigenvalue weighted by Crippen LogP contribution is 2.41. The first-order chi connectivity index (χ1) is 18.7. The van der Waals surface area contributed by atoms with Crippen molar-refractivity contribution in [2.24, 2.45) is 0 Å². The second-order valence-electron chi connectivity index (χ2n) is 10.2. The SMILES string of the molecule is O=C(c1cnc2[nH]ncc2c1)N1CCC2(CC1)C(=O)N([C@H]1CCN(CC(F)(F)F)C1=O)CN2c1ccccc1. The zero-order chi connectivity index (χ0) is 27.4. The van der Waals surface area contributed by atoms with Crippen molar-refractivity contribution in [2.75, 3.05) is 37.7 Å². The van der Waals surface area contributed by atoms with Gasteiger partial charge in [0.15, 0.2) is 5.65 Å². The number of aromatic amines is 1. The second kappa shape index (κ2) is 9.24. The molecule has 0 radical (unpaired) electrons. The van der Waals surface area contributed by atoms with Gasteiger partial charge in [-0.2, -0.15) is 18.3 Å². The lowest BCUT2D eigenvalue weighted by Crippen LogP contribution is -2.57. The van der Waals surface area contributed by atoms with Crippen molar-refractivity contribution in [3.05, 3.63) is 54.4 Å². The number of nitrogens with zero attached hydrogens (tertiary/aromatic N) is 6. The van der Waals surface area contributed by atoms with Crippen molar-refractivity contribution in [1.29, 1.82) is 0 Å². The van der Waals surface area contributed by atoms with Crippen LogP contribution in [-0.4, -0.2) is 98.2 Å². The molecule has 2 aromatic heterocycles. The Morgan fingerprint density at radius 1 is 1.08 bits per heavy atom. The lowest BCUT2D eigenvalue weighted by Gasteiger charge is -2.43. The monoisotopic (exact) mass is 541 g/mol. The van der Waals surface area contributed by atoms with E-state index in [1.54, 1.807) is 17.2 Å². The number of likely N-dealkylation sites (tertiary alicyclic amines) is 2. The van der Waals surface area contributed by atoms with Crippen LogP contribution in [0.1, 0.15) is 29.6 Å². The molecule has 0 saturated carbocycles. The summed E-state index contributed by atoms with van der Waals surface area (Å²) in [7, 11) is 0. The molecule has 3 saturated heterocycles. The number of anilines is 1. The second-order valence-corrected chi connectivity index (χ2v) is 10.2. The zero-order valence-electron chi connectivity index (χ0n) is 20.9. The first-order valence-corrected chi connectivity index (χ1v) is 12.7. The van der Waals surface area contributed by atoms with E-state index >= 15 is 0 Å². The lowest BCUT2D eigenvalue weighted by molar-refractivity contribution is -0.159. The average Bonchev–Trinajstić information content (AvgIpc) is 3.61. The molecule has 0 unspecified atom stereocenters. The number of fused-ring (bicyclic) bond motifs is 1. The molecule has 6 rings (SSSR count). The Labute approximate surface area is 221 Å². The average molecular weight is 542 g/mol. The molecule has 0 aliphatic carbocycles. The summed E-state index contributed by atoms with van der Waals surface area (Å²) in [5.41, 5.74) is 0.762. The minimum atomic E-state index is -4.51. The molecule has 13 heteroatoms. The minimum Gasteiger partial charge on any atom is -0.339 e. The third-order valence-electron chi connectivity index (χ3n) is 7.97. The number of halogens is 3. The smallest absolute Gasteiger partial charge is 0.339 e. The molecule has 10 nitrogen and oxygen atoms in total. The summed E-state index contributed by atoms with van der Waals surface area (Å²) in [5.74, 6) is -1.17. The highest BCUT2D eigenvalue weighted by Gasteiger charge is 2.57. The van der Waals surface area contributed by atoms with E-state index in [9.17, 15) is 27.6 Å². The molecule has 1 aromatic carbocycles. The van der Waals surface area contributed by atoms with Crippen LogP contribution in [0.2, 0.25) is 0 Å². The van der Waals surface area contributed by atoms with E-state index < -0.39 is 30.2 Å². The van der Waals surface area contributed by atoms with Crippen LogP contribution < -0.4 is 4.90 Å². The molecule has 3 aliphatic rings. The lowest BCUT2D eigenvalue weighted by atomic mass is 9.85. The van der Waals surface area contributed by atoms with E-state index in [0.717, 1.165) is 10.6 Å². The number of carbonyl (C=O) groups excluding carboxylic acids is 3. The minimum absolute atomic E-state index is 0.0531. The predicted octanol–water partition coefficient (Wildman–Crippen LogP) is 2.40. The molecule has 3 fully saturated rings. The van der Waals surface area contributed by atoms with Gasteiger partial charge >= 0.3 is 6.18 Å². The van der Waals surface area contributed by atoms with Crippen LogP contribution in [0.3, 0.4) is 0 Å². The maximum atomic E-state index is 14.0. The van der Waals surface area contributed by atoms with Crippen molar-refractivity contribution in [2.45, 2.75) is 37.0 Å². The highest BCUT2D eigenvalue weighted by atomic mass is 19.4. The highest BCUT2D eigenvalue weighted by molar-refractivity contribution is 5.99. The van der Waals surface area contributed by atoms with Gasteiger partial charge in [0.1, 0.15) is 18.1 Å². The van der Waals surface area contributed by atoms with Crippen LogP contribution in [0.15, 0.2) is 48.8 Å². The van der Waals surface area contributed by atoms with E-state index in [2.05, 4.69) is 15.2 Å². The maximum Gasteiger partial charge on any atom is 0.406 e. The number of alkyl halides is 3. The topological polar surface area (TPSA) is 106 Å². The van der Waals surface area contributed by atoms with Crippen molar-refractivity contribution in [3.63, 3.8) is 0 Å². The number of piperidine rings is 1. The molecule has 3 amide bonds. The Morgan fingerprint density at radius 2 is 1.82 bits per heavy atom. The molecule has 1 spiro atoms. The molecule has 204 valence electrons. The van der Waals surface area contributed by atoms with Crippen molar-refractivity contribution < 1.29 is 27.6 Å². The van der Waals surface area contributed by atoms with Crippen LogP contribution in [0.5, 0.6) is 0 Å². The first-order valence-electron chi connectivity index (χ1n) is 12.7. The number of hydrogen-bond acceptors (Lipinski definition) is 6. The number of rotatable bonds is 4. The van der Waals surface area contributed by atoms with E-state index in [4.69, 9.17) is 0 Å². The van der Waals surface area contributed by atoms with Crippen molar-refractivity contribution in [3.8, 4) is 0 Å². The Morgan fingerprint density at radius 3 is 2.54 bits per heavy atom. The van der Waals surface area contributed by atoms with Gasteiger partial charge in [-0.05, 0) is 37.5 Å². The summed E-state index contributed by atoms with van der Waals surface area (Å²) in [6.07, 6.45) is -0.644. The Balaban J connectivity index is 1.24. The zero-order valence-corrected chi connectivity index (χ0v) is 20.9. The van der Waals surface area contributed by atoms with E-state index in [1.165, 1.54) is 11.1 Å². The van der Waals surface area contributed by atoms with Gasteiger partial charge < -0.3 is 19.6 Å². The van der Waals surface area contributed by atoms with Crippen LogP contribution in [0.25, 0.3) is 11.0 Å². The predicted molar refractivity (Wildman–Crippen MR) is 133 cm³/mol. The maximum absolute atomic E-state index is 14.0. The van der Waals surface area contributed by atoms with Gasteiger partial charge in [0.05, 0.1) is 18.4 Å². The molecule has 3 aliphatic heterocycles. The fourth-order valence-corrected chi connectivity index (χ4v) is 6.00. The number of pyridine rings is 1. The number of hydrogen-bond donors (Lipinski definition) is 1. The molecule has 0 bridgehead atoms. The summed E-state index contributed by atoms with van der Waals surface area (Å²) in [5, 5.41) is 7.40. The van der Waals surface area contributed by atoms with Crippen LogP contribution >= 0.6 is 0 Å². The van der Waals surface area contributed by atoms with Gasteiger partial charge in [0.2, 0.25) is 5.91 Å². The van der Waals surface area contributed by atoms with Crippen molar-refractivity contribution >= 4 is 34.4 Å². The van der Waals surface area contributed by atoms with E-state index in [0.29, 0.717) is 42.5 Å². The van der Waals surface area contributed by atoms with Gasteiger partial charge in [0.25, 0.3) is 11.8 Å². The Hall–Kier alpha value is -4.16. The van der Waals surface area contributed by atoms with Gasteiger partial charge in [-0.25, -0.2) is 4.98 Å². The third kappa shape index (κ3) is 4.35. The molecular weight excluding hydrogens is 515 g/mol. The summed E-state index contributed by atoms with van der Waals surface area (Å²) >= 11 is 0. The van der Waals surface area contributed by atoms with Gasteiger partial charge in [-0.15, -0.1) is 0 Å². The van der Waals surface area contributed by atoms with Crippen LogP contribution in [-0.2, 0) is 9.59 Å². The van der Waals surface area contributed by atoms with Crippen LogP contribution in [0, 0.1) is 0 Å². The number of carbonyl (C=O) groups is 3. The van der Waals surface area contributed by atoms with Gasteiger partial charge in [-0.1, -0.05) is 18.2 Å². The summed E-state index contributed by atoms with van der Waals surface area (Å²) < 4.78 is 39.0. The normalized spacial score (nSPS) is 21.6. The molecule has 39 heavy (non-hydrogen) atoms. The molecule has 1 N–H and O–H groups in total. The number of para-hydroxylation sites is 1. The number of H-pyrrole nitrogens is 1. The van der Waals surface area contributed by atoms with Gasteiger partial charge in [-0.3, -0.25) is 19.5 Å². The van der Waals surface area contributed by atoms with Crippen molar-refractivity contribution in [1.82, 2.24) is 29.9 Å². The van der Waals surface area contributed by atoms with E-state index in [1.807, 2.05) is 35.2 Å². The number of aromatic nitrogens is 3. The molecular formula is C26H26F3N7O3. The fourth-order valence-electron chi connectivity index (χ4n) is 6.00. The number of nitrogens with one attached hydrogen (secondary N) is 1. The molecule has 5 heterocycles. The summed E-state index contributed by atoms with van der Waals surface area (Å²) in [4.78, 5) is 50.3. The van der Waals surface area contributed by atoms with Crippen LogP contribution in [0.4, 0.5) is 18.9 Å². The fraction of sp³-hybridized carbons (Fsp3) is 0.423. The first kappa shape index (κ1) is 25.1. The largest absolute Gasteiger partial charge is 0.406 e. The molecule has 1 atom stereocenters.